The fourth-order valence-electron chi connectivity index (χ4n) is 3.03. The van der Waals surface area contributed by atoms with E-state index >= 15 is 0 Å². The van der Waals surface area contributed by atoms with Gasteiger partial charge >= 0.3 is 0 Å². The van der Waals surface area contributed by atoms with Crippen LogP contribution in [-0.4, -0.2) is 4.98 Å². The fraction of sp³-hybridized carbons (Fsp3) is 0.643. The summed E-state index contributed by atoms with van der Waals surface area (Å²) < 4.78 is 13.2. The summed E-state index contributed by atoms with van der Waals surface area (Å²) in [5.74, 6) is 6.70. The van der Waals surface area contributed by atoms with Crippen LogP contribution in [0.25, 0.3) is 0 Å². The molecule has 1 fully saturated rings. The predicted octanol–water partition coefficient (Wildman–Crippen LogP) is 2.94. The zero-order valence-electron chi connectivity index (χ0n) is 10.9. The maximum Gasteiger partial charge on any atom is 0.141 e. The molecule has 3 nitrogen and oxygen atoms in total. The van der Waals surface area contributed by atoms with Crippen molar-refractivity contribution in [3.8, 4) is 0 Å². The van der Waals surface area contributed by atoms with Crippen molar-refractivity contribution >= 4 is 0 Å². The van der Waals surface area contributed by atoms with E-state index in [4.69, 9.17) is 5.84 Å². The number of halogens is 1. The number of aromatic nitrogens is 1. The van der Waals surface area contributed by atoms with Crippen LogP contribution in [0.3, 0.4) is 0 Å². The summed E-state index contributed by atoms with van der Waals surface area (Å²) in [6.45, 7) is 2.25. The van der Waals surface area contributed by atoms with Crippen molar-refractivity contribution in [1.29, 1.82) is 0 Å². The molecule has 1 aromatic rings. The zero-order valence-corrected chi connectivity index (χ0v) is 10.9. The number of nitrogens with one attached hydrogen (secondary N) is 1. The molecule has 0 aromatic carbocycles. The van der Waals surface area contributed by atoms with E-state index in [1.54, 1.807) is 6.20 Å². The van der Waals surface area contributed by atoms with Crippen molar-refractivity contribution < 1.29 is 4.39 Å². The number of hydrazine groups is 1. The highest BCUT2D eigenvalue weighted by Crippen LogP contribution is 2.37. The SMILES string of the molecule is CCC1CCC(C(NN)c2cncc(F)c2)CC1. The summed E-state index contributed by atoms with van der Waals surface area (Å²) in [5.41, 5.74) is 3.70. The van der Waals surface area contributed by atoms with Gasteiger partial charge in [0.05, 0.1) is 12.2 Å². The third-order valence-corrected chi connectivity index (χ3v) is 4.20. The Morgan fingerprint density at radius 2 is 2.11 bits per heavy atom. The first-order chi connectivity index (χ1) is 8.74. The number of pyridine rings is 1. The maximum atomic E-state index is 13.2. The molecule has 1 saturated carbocycles. The van der Waals surface area contributed by atoms with Crippen LogP contribution in [0.15, 0.2) is 18.5 Å². The minimum Gasteiger partial charge on any atom is -0.271 e. The van der Waals surface area contributed by atoms with Crippen LogP contribution < -0.4 is 11.3 Å². The molecule has 1 heterocycles. The second kappa shape index (κ2) is 6.25. The van der Waals surface area contributed by atoms with Crippen LogP contribution in [0.1, 0.15) is 50.6 Å². The van der Waals surface area contributed by atoms with Gasteiger partial charge in [-0.05, 0) is 36.3 Å². The van der Waals surface area contributed by atoms with Gasteiger partial charge in [0.15, 0.2) is 0 Å². The lowest BCUT2D eigenvalue weighted by Crippen LogP contribution is -2.35. The number of nitrogens with zero attached hydrogens (tertiary/aromatic N) is 1. The molecule has 0 radical (unpaired) electrons. The summed E-state index contributed by atoms with van der Waals surface area (Å²) in [4.78, 5) is 3.91. The van der Waals surface area contributed by atoms with E-state index in [0.717, 1.165) is 24.3 Å². The number of rotatable bonds is 4. The van der Waals surface area contributed by atoms with Crippen LogP contribution in [-0.2, 0) is 0 Å². The predicted molar refractivity (Wildman–Crippen MR) is 70.0 cm³/mol. The molecule has 1 unspecified atom stereocenters. The molecule has 1 aliphatic carbocycles. The first-order valence-corrected chi connectivity index (χ1v) is 6.81. The molecule has 2 rings (SSSR count). The molecule has 1 aromatic heterocycles. The molecular weight excluding hydrogens is 229 g/mol. The van der Waals surface area contributed by atoms with Crippen LogP contribution in [0.2, 0.25) is 0 Å². The highest BCUT2D eigenvalue weighted by molar-refractivity contribution is 5.16. The van der Waals surface area contributed by atoms with E-state index in [1.807, 2.05) is 0 Å². The van der Waals surface area contributed by atoms with Crippen LogP contribution in [0, 0.1) is 17.7 Å². The molecule has 1 atom stereocenters. The highest BCUT2D eigenvalue weighted by atomic mass is 19.1. The second-order valence-electron chi connectivity index (χ2n) is 5.27. The van der Waals surface area contributed by atoms with Crippen molar-refractivity contribution in [1.82, 2.24) is 10.4 Å². The normalized spacial score (nSPS) is 25.9. The lowest BCUT2D eigenvalue weighted by atomic mass is 9.76. The van der Waals surface area contributed by atoms with Gasteiger partial charge in [-0.25, -0.2) is 4.39 Å². The lowest BCUT2D eigenvalue weighted by molar-refractivity contribution is 0.219. The first-order valence-electron chi connectivity index (χ1n) is 6.81. The van der Waals surface area contributed by atoms with Crippen molar-refractivity contribution in [2.45, 2.75) is 45.1 Å². The maximum absolute atomic E-state index is 13.2. The summed E-state index contributed by atoms with van der Waals surface area (Å²) in [6, 6.07) is 1.55. The average molecular weight is 251 g/mol. The standard InChI is InChI=1S/C14H22FN3/c1-2-10-3-5-11(6-4-10)14(18-16)12-7-13(15)9-17-8-12/h7-11,14,18H,2-6,16H2,1H3. The smallest absolute Gasteiger partial charge is 0.141 e. The van der Waals surface area contributed by atoms with E-state index in [0.29, 0.717) is 5.92 Å². The van der Waals surface area contributed by atoms with Crippen molar-refractivity contribution in [2.75, 3.05) is 0 Å². The molecule has 0 amide bonds. The van der Waals surface area contributed by atoms with Gasteiger partial charge in [0.1, 0.15) is 5.82 Å². The minimum absolute atomic E-state index is 0.0195. The van der Waals surface area contributed by atoms with E-state index < -0.39 is 0 Å². The van der Waals surface area contributed by atoms with E-state index in [1.165, 1.54) is 31.5 Å². The molecule has 0 aliphatic heterocycles. The van der Waals surface area contributed by atoms with Crippen LogP contribution >= 0.6 is 0 Å². The first kappa shape index (κ1) is 13.4. The third kappa shape index (κ3) is 3.06. The molecule has 1 aliphatic rings. The molecule has 0 saturated heterocycles. The second-order valence-corrected chi connectivity index (χ2v) is 5.27. The van der Waals surface area contributed by atoms with Crippen molar-refractivity contribution in [2.24, 2.45) is 17.7 Å². The summed E-state index contributed by atoms with van der Waals surface area (Å²) in [5, 5.41) is 0. The average Bonchev–Trinajstić information content (AvgIpc) is 2.40. The Labute approximate surface area is 108 Å². The van der Waals surface area contributed by atoms with E-state index in [2.05, 4.69) is 17.3 Å². The Hall–Kier alpha value is -1.00. The molecule has 4 heteroatoms. The minimum atomic E-state index is -0.296. The van der Waals surface area contributed by atoms with Crippen LogP contribution in [0.4, 0.5) is 4.39 Å². The number of hydrogen-bond donors (Lipinski definition) is 2. The Bertz CT molecular complexity index is 375. The monoisotopic (exact) mass is 251 g/mol. The van der Waals surface area contributed by atoms with E-state index in [9.17, 15) is 4.39 Å². The molecule has 100 valence electrons. The summed E-state index contributed by atoms with van der Waals surface area (Å²) >= 11 is 0. The third-order valence-electron chi connectivity index (χ3n) is 4.20. The van der Waals surface area contributed by atoms with Gasteiger partial charge in [-0.1, -0.05) is 26.2 Å². The highest BCUT2D eigenvalue weighted by Gasteiger charge is 2.27. The van der Waals surface area contributed by atoms with Crippen LogP contribution in [0.5, 0.6) is 0 Å². The molecular formula is C14H22FN3. The van der Waals surface area contributed by atoms with Crippen molar-refractivity contribution in [3.05, 3.63) is 29.8 Å². The summed E-state index contributed by atoms with van der Waals surface area (Å²) in [7, 11) is 0. The van der Waals surface area contributed by atoms with Gasteiger partial charge in [0, 0.05) is 6.20 Å². The molecule has 3 N–H and O–H groups in total. The van der Waals surface area contributed by atoms with E-state index in [-0.39, 0.29) is 11.9 Å². The van der Waals surface area contributed by atoms with Gasteiger partial charge < -0.3 is 0 Å². The van der Waals surface area contributed by atoms with Gasteiger partial charge in [0.2, 0.25) is 0 Å². The number of hydrogen-bond acceptors (Lipinski definition) is 3. The largest absolute Gasteiger partial charge is 0.271 e. The topological polar surface area (TPSA) is 50.9 Å². The van der Waals surface area contributed by atoms with Gasteiger partial charge in [-0.15, -0.1) is 0 Å². The number of nitrogens with two attached hydrogens (primary N) is 1. The Morgan fingerprint density at radius 1 is 1.39 bits per heavy atom. The van der Waals surface area contributed by atoms with Gasteiger partial charge in [0.25, 0.3) is 0 Å². The Balaban J connectivity index is 2.05. The van der Waals surface area contributed by atoms with Crippen molar-refractivity contribution in [3.63, 3.8) is 0 Å². The zero-order chi connectivity index (χ0) is 13.0. The summed E-state index contributed by atoms with van der Waals surface area (Å²) in [6.07, 6.45) is 9.01. The molecule has 0 bridgehead atoms. The molecule has 18 heavy (non-hydrogen) atoms. The fourth-order valence-corrected chi connectivity index (χ4v) is 3.03. The Kier molecular flexibility index (Phi) is 4.66. The quantitative estimate of drug-likeness (QED) is 0.639. The molecule has 0 spiro atoms. The van der Waals surface area contributed by atoms with Gasteiger partial charge in [-0.2, -0.15) is 0 Å². The Morgan fingerprint density at radius 3 is 2.67 bits per heavy atom. The lowest BCUT2D eigenvalue weighted by Gasteiger charge is -2.33. The van der Waals surface area contributed by atoms with Gasteiger partial charge in [-0.3, -0.25) is 16.3 Å².